The highest BCUT2D eigenvalue weighted by atomic mass is 16.6. The van der Waals surface area contributed by atoms with E-state index in [9.17, 15) is 19.5 Å². The van der Waals surface area contributed by atoms with Crippen molar-refractivity contribution in [3.63, 3.8) is 0 Å². The smallest absolute Gasteiger partial charge is 0.312 e. The Morgan fingerprint density at radius 1 is 1.04 bits per heavy atom. The minimum Gasteiger partial charge on any atom is -0.481 e. The molecular formula is C14H20O9. The van der Waals surface area contributed by atoms with Crippen LogP contribution < -0.4 is 0 Å². The van der Waals surface area contributed by atoms with Crippen LogP contribution in [0.1, 0.15) is 6.92 Å². The molecular weight excluding hydrogens is 312 g/mol. The molecule has 2 fully saturated rings. The zero-order valence-corrected chi connectivity index (χ0v) is 13.1. The summed E-state index contributed by atoms with van der Waals surface area (Å²) in [7, 11) is 2.82. The highest BCUT2D eigenvalue weighted by Crippen LogP contribution is 2.46. The number of carbonyl (C=O) groups excluding carboxylic acids is 2. The van der Waals surface area contributed by atoms with Gasteiger partial charge in [-0.25, -0.2) is 0 Å². The molecule has 1 N–H and O–H groups in total. The lowest BCUT2D eigenvalue weighted by molar-refractivity contribution is -0.171. The Bertz CT molecular complexity index is 475. The fourth-order valence-electron chi connectivity index (χ4n) is 3.19. The summed E-state index contributed by atoms with van der Waals surface area (Å²) in [5, 5.41) is 9.43. The summed E-state index contributed by atoms with van der Waals surface area (Å²) in [5.74, 6) is -4.65. The Labute approximate surface area is 132 Å². The number of rotatable bonds is 7. The summed E-state index contributed by atoms with van der Waals surface area (Å²) in [6.45, 7) is 1.42. The van der Waals surface area contributed by atoms with Gasteiger partial charge in [0.1, 0.15) is 36.8 Å². The second-order valence-corrected chi connectivity index (χ2v) is 5.39. The van der Waals surface area contributed by atoms with Crippen molar-refractivity contribution in [3.8, 4) is 0 Å². The molecule has 130 valence electrons. The third-order valence-corrected chi connectivity index (χ3v) is 4.04. The van der Waals surface area contributed by atoms with Crippen molar-refractivity contribution in [2.24, 2.45) is 11.8 Å². The average Bonchev–Trinajstić information content (AvgIpc) is 3.01. The van der Waals surface area contributed by atoms with Crippen LogP contribution in [0.3, 0.4) is 0 Å². The quantitative estimate of drug-likeness (QED) is 0.473. The van der Waals surface area contributed by atoms with Crippen molar-refractivity contribution in [1.82, 2.24) is 0 Å². The Hall–Kier alpha value is -1.71. The summed E-state index contributed by atoms with van der Waals surface area (Å²) < 4.78 is 25.8. The highest BCUT2D eigenvalue weighted by Gasteiger charge is 2.66. The van der Waals surface area contributed by atoms with Crippen LogP contribution in [0.5, 0.6) is 0 Å². The number of carboxylic acids is 1. The first kappa shape index (κ1) is 17.6. The Morgan fingerprint density at radius 3 is 2.22 bits per heavy atom. The lowest BCUT2D eigenvalue weighted by atomic mass is 9.76. The lowest BCUT2D eigenvalue weighted by Crippen LogP contribution is -2.54. The van der Waals surface area contributed by atoms with E-state index >= 15 is 0 Å². The first-order valence-electron chi connectivity index (χ1n) is 7.16. The molecule has 2 aliphatic rings. The summed E-state index contributed by atoms with van der Waals surface area (Å²) in [6, 6.07) is 0. The molecule has 9 heteroatoms. The standard InChI is InChI=1S/C14H20O9/c1-6(15)22-12-10-8(14(18)21-5-4-19-2)7(13(16)17)9(23-10)11(12)20-3/h7-12H,4-5H2,1-3H3,(H,16,17)/t7?,8?,9-,10?,11+,12?/m0/s1. The fraction of sp³-hybridized carbons (Fsp3) is 0.786. The third kappa shape index (κ3) is 3.31. The maximum Gasteiger partial charge on any atom is 0.312 e. The molecule has 0 aromatic heterocycles. The molecule has 2 heterocycles. The summed E-state index contributed by atoms with van der Waals surface area (Å²) in [6.07, 6.45) is -3.39. The Morgan fingerprint density at radius 2 is 1.70 bits per heavy atom. The van der Waals surface area contributed by atoms with Crippen LogP contribution >= 0.6 is 0 Å². The number of carbonyl (C=O) groups is 3. The number of carboxylic acid groups (broad SMARTS) is 1. The van der Waals surface area contributed by atoms with Crippen molar-refractivity contribution >= 4 is 17.9 Å². The Kier molecular flexibility index (Phi) is 5.55. The number of hydrogen-bond acceptors (Lipinski definition) is 8. The normalized spacial score (nSPS) is 35.1. The number of ether oxygens (including phenoxy) is 5. The predicted molar refractivity (Wildman–Crippen MR) is 72.5 cm³/mol. The molecule has 9 nitrogen and oxygen atoms in total. The topological polar surface area (TPSA) is 118 Å². The van der Waals surface area contributed by atoms with Crippen LogP contribution in [0, 0.1) is 11.8 Å². The predicted octanol–water partition coefficient (Wildman–Crippen LogP) is -0.779. The van der Waals surface area contributed by atoms with E-state index in [1.54, 1.807) is 0 Å². The van der Waals surface area contributed by atoms with E-state index in [4.69, 9.17) is 23.7 Å². The van der Waals surface area contributed by atoms with Gasteiger partial charge in [-0.3, -0.25) is 14.4 Å². The minimum absolute atomic E-state index is 0.00149. The van der Waals surface area contributed by atoms with Crippen molar-refractivity contribution in [2.45, 2.75) is 31.3 Å². The van der Waals surface area contributed by atoms with Gasteiger partial charge in [0, 0.05) is 21.1 Å². The van der Waals surface area contributed by atoms with Gasteiger partial charge >= 0.3 is 17.9 Å². The van der Waals surface area contributed by atoms with E-state index in [0.29, 0.717) is 0 Å². The monoisotopic (exact) mass is 332 g/mol. The molecule has 2 bridgehead atoms. The number of aliphatic carboxylic acids is 1. The van der Waals surface area contributed by atoms with Gasteiger partial charge in [0.05, 0.1) is 6.61 Å². The molecule has 23 heavy (non-hydrogen) atoms. The second-order valence-electron chi connectivity index (χ2n) is 5.39. The van der Waals surface area contributed by atoms with Crippen LogP contribution in [0.2, 0.25) is 0 Å². The maximum atomic E-state index is 12.2. The van der Waals surface area contributed by atoms with Gasteiger partial charge in [-0.2, -0.15) is 0 Å². The van der Waals surface area contributed by atoms with E-state index in [1.165, 1.54) is 21.1 Å². The van der Waals surface area contributed by atoms with Gasteiger partial charge < -0.3 is 28.8 Å². The summed E-state index contributed by atoms with van der Waals surface area (Å²) in [4.78, 5) is 35.1. The van der Waals surface area contributed by atoms with Gasteiger partial charge in [-0.1, -0.05) is 0 Å². The first-order valence-corrected chi connectivity index (χ1v) is 7.16. The fourth-order valence-corrected chi connectivity index (χ4v) is 3.19. The molecule has 0 aromatic rings. The number of methoxy groups -OCH3 is 2. The Balaban J connectivity index is 2.20. The van der Waals surface area contributed by atoms with Gasteiger partial charge in [0.15, 0.2) is 6.10 Å². The minimum atomic E-state index is -1.19. The number of fused-ring (bicyclic) bond motifs is 2. The van der Waals surface area contributed by atoms with E-state index < -0.39 is 54.2 Å². The average molecular weight is 332 g/mol. The lowest BCUT2D eigenvalue weighted by Gasteiger charge is -2.33. The van der Waals surface area contributed by atoms with E-state index in [1.807, 2.05) is 0 Å². The molecule has 4 unspecified atom stereocenters. The first-order chi connectivity index (χ1) is 10.9. The molecule has 0 aliphatic carbocycles. The van der Waals surface area contributed by atoms with E-state index in [0.717, 1.165) is 0 Å². The van der Waals surface area contributed by atoms with Crippen molar-refractivity contribution < 1.29 is 43.2 Å². The molecule has 0 radical (unpaired) electrons. The van der Waals surface area contributed by atoms with E-state index in [2.05, 4.69) is 0 Å². The van der Waals surface area contributed by atoms with Crippen molar-refractivity contribution in [1.29, 1.82) is 0 Å². The summed E-state index contributed by atoms with van der Waals surface area (Å²) in [5.41, 5.74) is 0. The van der Waals surface area contributed by atoms with Gasteiger partial charge in [0.2, 0.25) is 0 Å². The van der Waals surface area contributed by atoms with Crippen molar-refractivity contribution in [2.75, 3.05) is 27.4 Å². The van der Waals surface area contributed by atoms with Gasteiger partial charge in [-0.15, -0.1) is 0 Å². The molecule has 0 amide bonds. The molecule has 0 saturated carbocycles. The highest BCUT2D eigenvalue weighted by molar-refractivity contribution is 5.83. The van der Waals surface area contributed by atoms with Crippen LogP contribution in [0.4, 0.5) is 0 Å². The third-order valence-electron chi connectivity index (χ3n) is 4.04. The second kappa shape index (κ2) is 7.24. The molecule has 2 rings (SSSR count). The van der Waals surface area contributed by atoms with Gasteiger partial charge in [0.25, 0.3) is 0 Å². The van der Waals surface area contributed by atoms with E-state index in [-0.39, 0.29) is 13.2 Å². The SMILES string of the molecule is COCCOC(=O)C1C2O[C@@H](C1C(=O)O)[C@@H](OC)C2OC(C)=O. The molecule has 2 aliphatic heterocycles. The van der Waals surface area contributed by atoms with Crippen LogP contribution in [-0.4, -0.2) is 74.9 Å². The molecule has 2 saturated heterocycles. The number of esters is 2. The maximum absolute atomic E-state index is 12.2. The van der Waals surface area contributed by atoms with Crippen LogP contribution in [0.15, 0.2) is 0 Å². The zero-order chi connectivity index (χ0) is 17.1. The number of hydrogen-bond donors (Lipinski definition) is 1. The van der Waals surface area contributed by atoms with Crippen LogP contribution in [-0.2, 0) is 38.1 Å². The zero-order valence-electron chi connectivity index (χ0n) is 13.1. The van der Waals surface area contributed by atoms with Crippen molar-refractivity contribution in [3.05, 3.63) is 0 Å². The molecule has 6 atom stereocenters. The van der Waals surface area contributed by atoms with Gasteiger partial charge in [-0.05, 0) is 0 Å². The largest absolute Gasteiger partial charge is 0.481 e. The van der Waals surface area contributed by atoms with Crippen LogP contribution in [0.25, 0.3) is 0 Å². The molecule has 0 spiro atoms. The summed E-state index contributed by atoms with van der Waals surface area (Å²) >= 11 is 0. The molecule has 0 aromatic carbocycles.